The molecule has 3 rings (SSSR count). The van der Waals surface area contributed by atoms with Gasteiger partial charge in [-0.3, -0.25) is 10.1 Å². The topological polar surface area (TPSA) is 68.0 Å². The Bertz CT molecular complexity index is 901. The van der Waals surface area contributed by atoms with Crippen LogP contribution in [0, 0.1) is 6.92 Å². The van der Waals surface area contributed by atoms with E-state index >= 15 is 0 Å². The molecule has 0 spiro atoms. The van der Waals surface area contributed by atoms with Crippen molar-refractivity contribution in [2.75, 3.05) is 5.32 Å². The number of aromatic nitrogens is 2. The SMILES string of the molecule is Cc1ccc(CC(=O)Nc2nnc(-c3ccc(C(F)(F)F)cc3)o2)cc1. The molecule has 0 aliphatic rings. The lowest BCUT2D eigenvalue weighted by Crippen LogP contribution is -2.14. The summed E-state index contributed by atoms with van der Waals surface area (Å²) in [5.74, 6) is -0.319. The molecule has 0 saturated heterocycles. The third-order valence-electron chi connectivity index (χ3n) is 3.62. The van der Waals surface area contributed by atoms with Gasteiger partial charge in [0.1, 0.15) is 0 Å². The van der Waals surface area contributed by atoms with E-state index in [2.05, 4.69) is 15.5 Å². The number of nitrogens with zero attached hydrogens (tertiary/aromatic N) is 2. The molecule has 0 radical (unpaired) electrons. The number of aryl methyl sites for hydroxylation is 1. The van der Waals surface area contributed by atoms with Gasteiger partial charge < -0.3 is 4.42 Å². The molecule has 1 amide bonds. The van der Waals surface area contributed by atoms with Crippen molar-refractivity contribution in [2.45, 2.75) is 19.5 Å². The normalized spacial score (nSPS) is 11.4. The highest BCUT2D eigenvalue weighted by Gasteiger charge is 2.30. The fourth-order valence-corrected chi connectivity index (χ4v) is 2.25. The fraction of sp³-hybridized carbons (Fsp3) is 0.167. The van der Waals surface area contributed by atoms with Crippen molar-refractivity contribution in [2.24, 2.45) is 0 Å². The molecule has 0 saturated carbocycles. The molecule has 0 unspecified atom stereocenters. The average molecular weight is 361 g/mol. The molecular formula is C18H14F3N3O2. The van der Waals surface area contributed by atoms with Gasteiger partial charge in [-0.05, 0) is 36.8 Å². The smallest absolute Gasteiger partial charge is 0.403 e. The predicted molar refractivity (Wildman–Crippen MR) is 88.2 cm³/mol. The Morgan fingerprint density at radius 1 is 1.04 bits per heavy atom. The van der Waals surface area contributed by atoms with Crippen molar-refractivity contribution >= 4 is 11.9 Å². The standard InChI is InChI=1S/C18H14F3N3O2/c1-11-2-4-12(5-3-11)10-15(25)22-17-24-23-16(26-17)13-6-8-14(9-7-13)18(19,20)21/h2-9H,10H2,1H3,(H,22,24,25). The van der Waals surface area contributed by atoms with E-state index in [1.807, 2.05) is 31.2 Å². The van der Waals surface area contributed by atoms with Crippen LogP contribution in [0.1, 0.15) is 16.7 Å². The first-order valence-electron chi connectivity index (χ1n) is 7.68. The largest absolute Gasteiger partial charge is 0.416 e. The van der Waals surface area contributed by atoms with Gasteiger partial charge in [0.15, 0.2) is 0 Å². The van der Waals surface area contributed by atoms with Gasteiger partial charge >= 0.3 is 12.2 Å². The third-order valence-corrected chi connectivity index (χ3v) is 3.62. The van der Waals surface area contributed by atoms with Crippen molar-refractivity contribution in [3.63, 3.8) is 0 Å². The van der Waals surface area contributed by atoms with Crippen LogP contribution in [-0.2, 0) is 17.4 Å². The Morgan fingerprint density at radius 2 is 1.69 bits per heavy atom. The lowest BCUT2D eigenvalue weighted by molar-refractivity contribution is -0.137. The van der Waals surface area contributed by atoms with Crippen LogP contribution in [0.3, 0.4) is 0 Å². The number of hydrogen-bond donors (Lipinski definition) is 1. The molecule has 26 heavy (non-hydrogen) atoms. The lowest BCUT2D eigenvalue weighted by Gasteiger charge is -2.05. The molecule has 134 valence electrons. The molecule has 2 aromatic carbocycles. The Kier molecular flexibility index (Phi) is 4.75. The Hall–Kier alpha value is -3.16. The number of carbonyl (C=O) groups is 1. The van der Waals surface area contributed by atoms with E-state index in [9.17, 15) is 18.0 Å². The van der Waals surface area contributed by atoms with Crippen molar-refractivity contribution < 1.29 is 22.4 Å². The van der Waals surface area contributed by atoms with E-state index in [0.717, 1.165) is 23.3 Å². The summed E-state index contributed by atoms with van der Waals surface area (Å²) >= 11 is 0. The Balaban J connectivity index is 1.66. The zero-order valence-electron chi connectivity index (χ0n) is 13.7. The zero-order valence-corrected chi connectivity index (χ0v) is 13.7. The highest BCUT2D eigenvalue weighted by molar-refractivity contribution is 5.90. The summed E-state index contributed by atoms with van der Waals surface area (Å²) in [5, 5.41) is 9.90. The van der Waals surface area contributed by atoms with Gasteiger partial charge in [0.2, 0.25) is 11.8 Å². The molecule has 1 heterocycles. The molecule has 1 aromatic heterocycles. The summed E-state index contributed by atoms with van der Waals surface area (Å²) in [6.45, 7) is 1.95. The van der Waals surface area contributed by atoms with Crippen LogP contribution in [0.4, 0.5) is 19.2 Å². The summed E-state index contributed by atoms with van der Waals surface area (Å²) in [5.41, 5.74) is 1.47. The minimum atomic E-state index is -4.41. The summed E-state index contributed by atoms with van der Waals surface area (Å²) in [4.78, 5) is 12.0. The molecule has 5 nitrogen and oxygen atoms in total. The number of halogens is 3. The summed E-state index contributed by atoms with van der Waals surface area (Å²) in [6, 6.07) is 11.7. The minimum absolute atomic E-state index is 0.0179. The second kappa shape index (κ2) is 6.99. The number of benzene rings is 2. The van der Waals surface area contributed by atoms with Gasteiger partial charge in [0, 0.05) is 5.56 Å². The fourth-order valence-electron chi connectivity index (χ4n) is 2.25. The van der Waals surface area contributed by atoms with E-state index < -0.39 is 11.7 Å². The van der Waals surface area contributed by atoms with Crippen LogP contribution in [-0.4, -0.2) is 16.1 Å². The number of carbonyl (C=O) groups excluding carboxylic acids is 1. The average Bonchev–Trinajstić information content (AvgIpc) is 3.04. The van der Waals surface area contributed by atoms with Crippen molar-refractivity contribution in [3.8, 4) is 11.5 Å². The summed E-state index contributed by atoms with van der Waals surface area (Å²) in [6.07, 6.45) is -4.28. The van der Waals surface area contributed by atoms with E-state index in [1.54, 1.807) is 0 Å². The quantitative estimate of drug-likeness (QED) is 0.755. The second-order valence-corrected chi connectivity index (χ2v) is 5.70. The number of anilines is 1. The Labute approximate surface area is 146 Å². The van der Waals surface area contributed by atoms with Crippen LogP contribution in [0.25, 0.3) is 11.5 Å². The summed E-state index contributed by atoms with van der Waals surface area (Å²) < 4.78 is 43.0. The van der Waals surface area contributed by atoms with Gasteiger partial charge in [-0.25, -0.2) is 0 Å². The van der Waals surface area contributed by atoms with Crippen LogP contribution in [0.5, 0.6) is 0 Å². The van der Waals surface area contributed by atoms with Crippen LogP contribution < -0.4 is 5.32 Å². The maximum absolute atomic E-state index is 12.6. The van der Waals surface area contributed by atoms with E-state index in [1.165, 1.54) is 12.1 Å². The van der Waals surface area contributed by atoms with Crippen LogP contribution in [0.15, 0.2) is 52.9 Å². The van der Waals surface area contributed by atoms with Gasteiger partial charge in [0.05, 0.1) is 12.0 Å². The zero-order chi connectivity index (χ0) is 18.7. The molecule has 0 aliphatic carbocycles. The second-order valence-electron chi connectivity index (χ2n) is 5.70. The number of nitrogens with one attached hydrogen (secondary N) is 1. The number of hydrogen-bond acceptors (Lipinski definition) is 4. The van der Waals surface area contributed by atoms with Gasteiger partial charge in [-0.1, -0.05) is 34.9 Å². The molecule has 1 N–H and O–H groups in total. The maximum atomic E-state index is 12.6. The van der Waals surface area contributed by atoms with E-state index in [4.69, 9.17) is 4.42 Å². The monoisotopic (exact) mass is 361 g/mol. The van der Waals surface area contributed by atoms with Gasteiger partial charge in [0.25, 0.3) is 0 Å². The first-order valence-corrected chi connectivity index (χ1v) is 7.68. The molecule has 0 bridgehead atoms. The predicted octanol–water partition coefficient (Wildman–Crippen LogP) is 4.25. The van der Waals surface area contributed by atoms with Crippen molar-refractivity contribution in [3.05, 3.63) is 65.2 Å². The van der Waals surface area contributed by atoms with E-state index in [-0.39, 0.29) is 24.2 Å². The minimum Gasteiger partial charge on any atom is -0.403 e. The molecular weight excluding hydrogens is 347 g/mol. The molecule has 0 fully saturated rings. The van der Waals surface area contributed by atoms with Gasteiger partial charge in [-0.15, -0.1) is 5.10 Å². The number of rotatable bonds is 4. The highest BCUT2D eigenvalue weighted by Crippen LogP contribution is 2.30. The highest BCUT2D eigenvalue weighted by atomic mass is 19.4. The van der Waals surface area contributed by atoms with Crippen molar-refractivity contribution in [1.82, 2.24) is 10.2 Å². The number of amides is 1. The Morgan fingerprint density at radius 3 is 2.31 bits per heavy atom. The first kappa shape index (κ1) is 17.7. The lowest BCUT2D eigenvalue weighted by atomic mass is 10.1. The van der Waals surface area contributed by atoms with Gasteiger partial charge in [-0.2, -0.15) is 13.2 Å². The van der Waals surface area contributed by atoms with Crippen molar-refractivity contribution in [1.29, 1.82) is 0 Å². The molecule has 0 atom stereocenters. The molecule has 0 aliphatic heterocycles. The maximum Gasteiger partial charge on any atom is 0.416 e. The van der Waals surface area contributed by atoms with Crippen LogP contribution in [0.2, 0.25) is 0 Å². The van der Waals surface area contributed by atoms with E-state index in [0.29, 0.717) is 5.56 Å². The molecule has 3 aromatic rings. The third kappa shape index (κ3) is 4.27. The number of alkyl halides is 3. The van der Waals surface area contributed by atoms with Crippen LogP contribution >= 0.6 is 0 Å². The first-order chi connectivity index (χ1) is 12.3. The molecule has 8 heteroatoms. The summed E-state index contributed by atoms with van der Waals surface area (Å²) in [7, 11) is 0.